The van der Waals surface area contributed by atoms with E-state index in [1.165, 1.54) is 6.26 Å². The van der Waals surface area contributed by atoms with Crippen molar-refractivity contribution in [3.8, 4) is 17.6 Å². The average Bonchev–Trinajstić information content (AvgIpc) is 3.59. The molecule has 41 heavy (non-hydrogen) atoms. The predicted molar refractivity (Wildman–Crippen MR) is 149 cm³/mol. The highest BCUT2D eigenvalue weighted by atomic mass is 35.5. The fraction of sp³-hybridized carbons (Fsp3) is 0.200. The molecule has 0 amide bonds. The van der Waals surface area contributed by atoms with Gasteiger partial charge >= 0.3 is 5.97 Å². The number of carboxylic acids is 1. The zero-order chi connectivity index (χ0) is 28.3. The molecule has 1 aliphatic rings. The number of oxazole rings is 1. The van der Waals surface area contributed by atoms with Gasteiger partial charge in [0.05, 0.1) is 34.9 Å². The first-order valence-corrected chi connectivity index (χ1v) is 13.2. The molecule has 0 unspecified atom stereocenters. The minimum Gasteiger partial charge on any atom is -0.488 e. The van der Waals surface area contributed by atoms with Crippen LogP contribution in [0, 0.1) is 11.3 Å². The number of nitriles is 1. The van der Waals surface area contributed by atoms with Gasteiger partial charge in [0.15, 0.2) is 0 Å². The Morgan fingerprint density at radius 1 is 1.15 bits per heavy atom. The van der Waals surface area contributed by atoms with Crippen LogP contribution < -0.4 is 9.47 Å². The number of benzene rings is 3. The molecule has 0 bridgehead atoms. The first kappa shape index (κ1) is 26.4. The van der Waals surface area contributed by atoms with E-state index in [1.54, 1.807) is 42.6 Å². The molecule has 10 nitrogen and oxygen atoms in total. The monoisotopic (exact) mass is 569 g/mol. The van der Waals surface area contributed by atoms with Crippen LogP contribution in [0.3, 0.4) is 0 Å². The maximum absolute atomic E-state index is 11.6. The molecule has 0 aliphatic carbocycles. The summed E-state index contributed by atoms with van der Waals surface area (Å²) in [6, 6.07) is 19.7. The summed E-state index contributed by atoms with van der Waals surface area (Å²) in [5.41, 5.74) is 2.92. The molecule has 1 saturated heterocycles. The molecule has 1 fully saturated rings. The van der Waals surface area contributed by atoms with E-state index in [1.807, 2.05) is 28.8 Å². The van der Waals surface area contributed by atoms with E-state index in [-0.39, 0.29) is 18.3 Å². The Hall–Kier alpha value is -4.85. The van der Waals surface area contributed by atoms with Gasteiger partial charge in [0, 0.05) is 18.1 Å². The molecule has 6 rings (SSSR count). The van der Waals surface area contributed by atoms with Gasteiger partial charge in [-0.05, 0) is 54.1 Å². The standard InChI is InChI=1S/C30H24ClN5O5/c31-22-5-7-27(21(11-22)13-32)40-18-19-2-1-3-23(10-19)41-24-14-35(15-24)16-28-34-25-6-4-20(30(37)38)12-26(25)36(28)17-29-33-8-9-39-29/h1-12,24H,14-18H2,(H,37,38). The molecule has 0 spiro atoms. The quantitative estimate of drug-likeness (QED) is 0.243. The molecular weight excluding hydrogens is 546 g/mol. The minimum absolute atomic E-state index is 0.0100. The van der Waals surface area contributed by atoms with Gasteiger partial charge in [0.25, 0.3) is 0 Å². The topological polar surface area (TPSA) is 127 Å². The maximum atomic E-state index is 11.6. The second-order valence-corrected chi connectivity index (χ2v) is 10.1. The molecule has 3 aromatic carbocycles. The summed E-state index contributed by atoms with van der Waals surface area (Å²) in [5, 5.41) is 19.3. The molecule has 1 aliphatic heterocycles. The van der Waals surface area contributed by atoms with Crippen molar-refractivity contribution in [2.45, 2.75) is 25.8 Å². The van der Waals surface area contributed by atoms with E-state index in [2.05, 4.69) is 16.0 Å². The molecule has 5 aromatic rings. The maximum Gasteiger partial charge on any atom is 0.335 e. The summed E-state index contributed by atoms with van der Waals surface area (Å²) in [4.78, 5) is 22.8. The number of rotatable bonds is 10. The van der Waals surface area contributed by atoms with Gasteiger partial charge in [-0.25, -0.2) is 14.8 Å². The number of hydrogen-bond acceptors (Lipinski definition) is 8. The van der Waals surface area contributed by atoms with E-state index in [4.69, 9.17) is 30.5 Å². The van der Waals surface area contributed by atoms with Crippen LogP contribution in [0.15, 0.2) is 77.5 Å². The molecule has 11 heteroatoms. The van der Waals surface area contributed by atoms with Crippen LogP contribution in [-0.4, -0.2) is 49.7 Å². The van der Waals surface area contributed by atoms with Crippen molar-refractivity contribution in [1.82, 2.24) is 19.4 Å². The third-order valence-corrected chi connectivity index (χ3v) is 7.03. The van der Waals surface area contributed by atoms with Gasteiger partial charge in [-0.15, -0.1) is 0 Å². The van der Waals surface area contributed by atoms with Gasteiger partial charge in [0.2, 0.25) is 5.89 Å². The molecule has 3 heterocycles. The Kier molecular flexibility index (Phi) is 7.29. The van der Waals surface area contributed by atoms with E-state index in [9.17, 15) is 15.2 Å². The van der Waals surface area contributed by atoms with E-state index in [0.29, 0.717) is 59.4 Å². The van der Waals surface area contributed by atoms with E-state index in [0.717, 1.165) is 17.1 Å². The number of fused-ring (bicyclic) bond motifs is 1. The summed E-state index contributed by atoms with van der Waals surface area (Å²) in [6.07, 6.45) is 3.10. The number of aromatic nitrogens is 3. The van der Waals surface area contributed by atoms with Gasteiger partial charge in [0.1, 0.15) is 48.9 Å². The normalized spacial score (nSPS) is 13.6. The van der Waals surface area contributed by atoms with Crippen molar-refractivity contribution in [3.05, 3.63) is 107 Å². The lowest BCUT2D eigenvalue weighted by molar-refractivity contribution is 0.0124. The lowest BCUT2D eigenvalue weighted by atomic mass is 10.1. The molecule has 0 atom stereocenters. The number of carbonyl (C=O) groups is 1. The van der Waals surface area contributed by atoms with Crippen LogP contribution in [0.4, 0.5) is 0 Å². The van der Waals surface area contributed by atoms with Crippen molar-refractivity contribution >= 4 is 28.6 Å². The molecule has 206 valence electrons. The zero-order valence-corrected chi connectivity index (χ0v) is 22.5. The third-order valence-electron chi connectivity index (χ3n) is 6.80. The highest BCUT2D eigenvalue weighted by molar-refractivity contribution is 6.30. The van der Waals surface area contributed by atoms with Crippen molar-refractivity contribution in [2.75, 3.05) is 13.1 Å². The fourth-order valence-electron chi connectivity index (χ4n) is 4.77. The van der Waals surface area contributed by atoms with Crippen LogP contribution in [-0.2, 0) is 19.7 Å². The smallest absolute Gasteiger partial charge is 0.335 e. The van der Waals surface area contributed by atoms with E-state index >= 15 is 0 Å². The summed E-state index contributed by atoms with van der Waals surface area (Å²) < 4.78 is 19.4. The van der Waals surface area contributed by atoms with Crippen LogP contribution in [0.25, 0.3) is 11.0 Å². The first-order valence-electron chi connectivity index (χ1n) is 12.9. The van der Waals surface area contributed by atoms with Crippen molar-refractivity contribution < 1.29 is 23.8 Å². The van der Waals surface area contributed by atoms with E-state index < -0.39 is 5.97 Å². The predicted octanol–water partition coefficient (Wildman–Crippen LogP) is 5.14. The summed E-state index contributed by atoms with van der Waals surface area (Å²) in [5.74, 6) is 1.53. The Morgan fingerprint density at radius 2 is 2.02 bits per heavy atom. The fourth-order valence-corrected chi connectivity index (χ4v) is 4.94. The second-order valence-electron chi connectivity index (χ2n) is 9.67. The molecule has 0 radical (unpaired) electrons. The van der Waals surface area contributed by atoms with Gasteiger partial charge in [-0.3, -0.25) is 4.90 Å². The van der Waals surface area contributed by atoms with Crippen molar-refractivity contribution in [2.24, 2.45) is 0 Å². The lowest BCUT2D eigenvalue weighted by Gasteiger charge is -2.38. The van der Waals surface area contributed by atoms with Crippen molar-refractivity contribution in [3.63, 3.8) is 0 Å². The summed E-state index contributed by atoms with van der Waals surface area (Å²) in [6.45, 7) is 2.61. The minimum atomic E-state index is -0.993. The second kappa shape index (κ2) is 11.3. The highest BCUT2D eigenvalue weighted by Gasteiger charge is 2.30. The number of nitrogens with zero attached hydrogens (tertiary/aromatic N) is 5. The number of imidazole rings is 1. The number of carboxylic acid groups (broad SMARTS) is 1. The Bertz CT molecular complexity index is 1760. The van der Waals surface area contributed by atoms with Crippen LogP contribution in [0.2, 0.25) is 5.02 Å². The number of hydrogen-bond donors (Lipinski definition) is 1. The zero-order valence-electron chi connectivity index (χ0n) is 21.7. The summed E-state index contributed by atoms with van der Waals surface area (Å²) >= 11 is 5.97. The largest absolute Gasteiger partial charge is 0.488 e. The SMILES string of the molecule is N#Cc1cc(Cl)ccc1OCc1cccc(OC2CN(Cc3nc4ccc(C(=O)O)cc4n3Cc3ncco3)C2)c1. The van der Waals surface area contributed by atoms with Gasteiger partial charge in [-0.2, -0.15) is 5.26 Å². The average molecular weight is 570 g/mol. The summed E-state index contributed by atoms with van der Waals surface area (Å²) in [7, 11) is 0. The lowest BCUT2D eigenvalue weighted by Crippen LogP contribution is -2.53. The Labute approximate surface area is 239 Å². The first-order chi connectivity index (χ1) is 19.9. The number of ether oxygens (including phenoxy) is 2. The Morgan fingerprint density at radius 3 is 2.80 bits per heavy atom. The van der Waals surface area contributed by atoms with Crippen LogP contribution in [0.1, 0.15) is 33.2 Å². The molecular formula is C30H24ClN5O5. The third kappa shape index (κ3) is 5.87. The molecule has 2 aromatic heterocycles. The van der Waals surface area contributed by atoms with Crippen molar-refractivity contribution in [1.29, 1.82) is 5.26 Å². The van der Waals surface area contributed by atoms with Crippen LogP contribution >= 0.6 is 11.6 Å². The number of likely N-dealkylation sites (tertiary alicyclic amines) is 1. The number of aromatic carboxylic acids is 1. The van der Waals surface area contributed by atoms with Gasteiger partial charge < -0.3 is 23.6 Å². The highest BCUT2D eigenvalue weighted by Crippen LogP contribution is 2.26. The van der Waals surface area contributed by atoms with Crippen LogP contribution in [0.5, 0.6) is 11.5 Å². The number of halogens is 1. The molecule has 1 N–H and O–H groups in total. The Balaban J connectivity index is 1.09. The van der Waals surface area contributed by atoms with Gasteiger partial charge in [-0.1, -0.05) is 23.7 Å². The molecule has 0 saturated carbocycles.